The van der Waals surface area contributed by atoms with Gasteiger partial charge in [0.05, 0.1) is 13.4 Å². The predicted molar refractivity (Wildman–Crippen MR) is 79.7 cm³/mol. The molecule has 1 N–H and O–H groups in total. The number of methoxy groups -OCH3 is 1. The summed E-state index contributed by atoms with van der Waals surface area (Å²) in [5.74, 6) is 0.768. The average molecular weight is 272 g/mol. The van der Waals surface area contributed by atoms with Crippen LogP contribution in [0.25, 0.3) is 0 Å². The fraction of sp³-hybridized carbons (Fsp3) is 0.438. The Morgan fingerprint density at radius 3 is 2.85 bits per heavy atom. The first-order valence-corrected chi connectivity index (χ1v) is 6.89. The molecule has 0 saturated carbocycles. The summed E-state index contributed by atoms with van der Waals surface area (Å²) in [4.78, 5) is 4.04. The lowest BCUT2D eigenvalue weighted by atomic mass is 9.94. The molecule has 4 nitrogen and oxygen atoms in total. The second kappa shape index (κ2) is 6.57. The van der Waals surface area contributed by atoms with Crippen molar-refractivity contribution in [3.63, 3.8) is 0 Å². The Balaban J connectivity index is 1.83. The summed E-state index contributed by atoms with van der Waals surface area (Å²) in [7, 11) is 1.66. The van der Waals surface area contributed by atoms with Gasteiger partial charge in [-0.3, -0.25) is 0 Å². The molecule has 1 aromatic heterocycles. The first-order chi connectivity index (χ1) is 9.62. The summed E-state index contributed by atoms with van der Waals surface area (Å²) in [6.07, 6.45) is 6.72. The molecule has 2 rings (SSSR count). The monoisotopic (exact) mass is 272 g/mol. The Morgan fingerprint density at radius 1 is 1.40 bits per heavy atom. The molecule has 0 bridgehead atoms. The molecule has 0 aliphatic carbocycles. The fourth-order valence-corrected chi connectivity index (χ4v) is 2.11. The predicted octanol–water partition coefficient (Wildman–Crippen LogP) is 2.61. The van der Waals surface area contributed by atoms with E-state index in [1.165, 1.54) is 5.56 Å². The van der Waals surface area contributed by atoms with Gasteiger partial charge in [0, 0.05) is 30.5 Å². The first kappa shape index (κ1) is 14.6. The van der Waals surface area contributed by atoms with Crippen LogP contribution < -0.4 is 10.1 Å². The lowest BCUT2D eigenvalue weighted by molar-refractivity contribution is 0.389. The van der Waals surface area contributed by atoms with Crippen LogP contribution in [0.5, 0.6) is 5.75 Å². The van der Waals surface area contributed by atoms with E-state index in [0.29, 0.717) is 0 Å². The number of ether oxygens (including phenoxy) is 1. The van der Waals surface area contributed by atoms with Crippen LogP contribution in [-0.2, 0) is 12.1 Å². The van der Waals surface area contributed by atoms with E-state index < -0.39 is 0 Å². The van der Waals surface area contributed by atoms with E-state index in [1.807, 2.05) is 30.9 Å². The molecule has 1 radical (unpaired) electrons. The number of hydrogen-bond donors (Lipinski definition) is 1. The number of imidazole rings is 1. The molecule has 2 aromatic rings. The third-order valence-corrected chi connectivity index (χ3v) is 3.45. The molecule has 0 atom stereocenters. The zero-order chi connectivity index (χ0) is 14.4. The third-order valence-electron chi connectivity index (χ3n) is 3.45. The van der Waals surface area contributed by atoms with Crippen LogP contribution in [0.3, 0.4) is 0 Å². The summed E-state index contributed by atoms with van der Waals surface area (Å²) in [6, 6.07) is 9.15. The lowest BCUT2D eigenvalue weighted by Crippen LogP contribution is -2.37. The van der Waals surface area contributed by atoms with Crippen molar-refractivity contribution in [3.05, 3.63) is 48.5 Å². The van der Waals surface area contributed by atoms with E-state index in [2.05, 4.69) is 40.8 Å². The minimum Gasteiger partial charge on any atom is -0.496 e. The largest absolute Gasteiger partial charge is 0.496 e. The highest BCUT2D eigenvalue weighted by atomic mass is 16.5. The smallest absolute Gasteiger partial charge is 0.126 e. The summed E-state index contributed by atoms with van der Waals surface area (Å²) < 4.78 is 7.23. The topological polar surface area (TPSA) is 39.1 Å². The minimum atomic E-state index is -0.0717. The number of aryl methyl sites for hydroxylation is 1. The number of hydrogen-bond acceptors (Lipinski definition) is 3. The zero-order valence-electron chi connectivity index (χ0n) is 12.4. The lowest BCUT2D eigenvalue weighted by Gasteiger charge is -2.27. The van der Waals surface area contributed by atoms with Gasteiger partial charge in [-0.05, 0) is 44.5 Å². The molecule has 0 amide bonds. The fourth-order valence-electron chi connectivity index (χ4n) is 2.11. The van der Waals surface area contributed by atoms with Gasteiger partial charge in [0.1, 0.15) is 5.75 Å². The van der Waals surface area contributed by atoms with E-state index in [9.17, 15) is 0 Å². The van der Waals surface area contributed by atoms with Crippen LogP contribution in [0.2, 0.25) is 0 Å². The van der Waals surface area contributed by atoms with Crippen molar-refractivity contribution >= 4 is 0 Å². The molecule has 0 unspecified atom stereocenters. The molecule has 0 aliphatic heterocycles. The molecular formula is C16H22N3O. The quantitative estimate of drug-likeness (QED) is 0.787. The van der Waals surface area contributed by atoms with Crippen molar-refractivity contribution in [1.29, 1.82) is 0 Å². The van der Waals surface area contributed by atoms with E-state index in [4.69, 9.17) is 4.74 Å². The van der Waals surface area contributed by atoms with E-state index in [1.54, 1.807) is 7.11 Å². The summed E-state index contributed by atoms with van der Waals surface area (Å²) >= 11 is 0. The Morgan fingerprint density at radius 2 is 2.25 bits per heavy atom. The van der Waals surface area contributed by atoms with E-state index >= 15 is 0 Å². The van der Waals surface area contributed by atoms with Gasteiger partial charge in [0.2, 0.25) is 0 Å². The highest BCUT2D eigenvalue weighted by Crippen LogP contribution is 2.22. The SMILES string of the molecule is COc1[c]cc(C(C)(C)NCCCn2ccnc2)cc1. The summed E-state index contributed by atoms with van der Waals surface area (Å²) in [6.45, 7) is 6.30. The number of benzene rings is 1. The van der Waals surface area contributed by atoms with Crippen LogP contribution in [0.1, 0.15) is 25.8 Å². The summed E-state index contributed by atoms with van der Waals surface area (Å²) in [5, 5.41) is 3.58. The van der Waals surface area contributed by atoms with Crippen molar-refractivity contribution in [2.45, 2.75) is 32.4 Å². The first-order valence-electron chi connectivity index (χ1n) is 6.89. The molecule has 1 heterocycles. The highest BCUT2D eigenvalue weighted by Gasteiger charge is 2.19. The van der Waals surface area contributed by atoms with Gasteiger partial charge in [-0.1, -0.05) is 6.07 Å². The van der Waals surface area contributed by atoms with Crippen LogP contribution in [-0.4, -0.2) is 23.2 Å². The molecule has 20 heavy (non-hydrogen) atoms. The zero-order valence-corrected chi connectivity index (χ0v) is 12.4. The molecule has 0 spiro atoms. The van der Waals surface area contributed by atoms with Gasteiger partial charge in [-0.25, -0.2) is 4.98 Å². The minimum absolute atomic E-state index is 0.0717. The van der Waals surface area contributed by atoms with Gasteiger partial charge in [0.15, 0.2) is 0 Å². The van der Waals surface area contributed by atoms with E-state index in [-0.39, 0.29) is 5.54 Å². The molecular weight excluding hydrogens is 250 g/mol. The van der Waals surface area contributed by atoms with Crippen LogP contribution in [0.15, 0.2) is 36.9 Å². The number of rotatable bonds is 7. The molecule has 0 fully saturated rings. The Kier molecular flexibility index (Phi) is 4.79. The van der Waals surface area contributed by atoms with Gasteiger partial charge in [-0.15, -0.1) is 0 Å². The molecule has 0 aliphatic rings. The number of nitrogens with zero attached hydrogens (tertiary/aromatic N) is 2. The standard InChI is InChI=1S/C16H22N3O/c1-16(2,14-5-7-15(20-3)8-6-14)18-9-4-11-19-12-10-17-13-19/h5-7,10,12-13,18H,4,9,11H2,1-3H3. The molecule has 1 aromatic carbocycles. The second-order valence-corrected chi connectivity index (χ2v) is 5.35. The number of aromatic nitrogens is 2. The van der Waals surface area contributed by atoms with Crippen molar-refractivity contribution in [1.82, 2.24) is 14.9 Å². The van der Waals surface area contributed by atoms with Crippen LogP contribution in [0.4, 0.5) is 0 Å². The third kappa shape index (κ3) is 3.84. The van der Waals surface area contributed by atoms with Crippen LogP contribution in [0, 0.1) is 6.07 Å². The van der Waals surface area contributed by atoms with E-state index in [0.717, 1.165) is 25.3 Å². The summed E-state index contributed by atoms with van der Waals surface area (Å²) in [5.41, 5.74) is 1.14. The molecule has 0 saturated heterocycles. The Labute approximate surface area is 120 Å². The van der Waals surface area contributed by atoms with Gasteiger partial charge < -0.3 is 14.6 Å². The molecule has 4 heteroatoms. The normalized spacial score (nSPS) is 11.6. The second-order valence-electron chi connectivity index (χ2n) is 5.35. The maximum atomic E-state index is 5.14. The van der Waals surface area contributed by atoms with Crippen molar-refractivity contribution < 1.29 is 4.74 Å². The average Bonchev–Trinajstić information content (AvgIpc) is 2.97. The van der Waals surface area contributed by atoms with Gasteiger partial charge >= 0.3 is 0 Å². The maximum Gasteiger partial charge on any atom is 0.126 e. The van der Waals surface area contributed by atoms with Crippen molar-refractivity contribution in [3.8, 4) is 5.75 Å². The van der Waals surface area contributed by atoms with Crippen molar-refractivity contribution in [2.24, 2.45) is 0 Å². The van der Waals surface area contributed by atoms with Crippen molar-refractivity contribution in [2.75, 3.05) is 13.7 Å². The number of nitrogens with one attached hydrogen (secondary N) is 1. The Hall–Kier alpha value is -1.81. The molecule has 107 valence electrons. The van der Waals surface area contributed by atoms with Gasteiger partial charge in [0.25, 0.3) is 0 Å². The Bertz CT molecular complexity index is 503. The van der Waals surface area contributed by atoms with Gasteiger partial charge in [-0.2, -0.15) is 0 Å². The van der Waals surface area contributed by atoms with Crippen LogP contribution >= 0.6 is 0 Å². The highest BCUT2D eigenvalue weighted by molar-refractivity contribution is 5.29. The maximum absolute atomic E-state index is 5.14.